The van der Waals surface area contributed by atoms with Gasteiger partial charge in [-0.1, -0.05) is 19.1 Å². The molecule has 2 rings (SSSR count). The molecule has 0 fully saturated rings. The topological polar surface area (TPSA) is 84.1 Å². The fourth-order valence-corrected chi connectivity index (χ4v) is 2.18. The number of methoxy groups -OCH3 is 1. The zero-order chi connectivity index (χ0) is 16.1. The van der Waals surface area contributed by atoms with Crippen molar-refractivity contribution >= 4 is 11.6 Å². The lowest BCUT2D eigenvalue weighted by atomic mass is 10.1. The quantitative estimate of drug-likeness (QED) is 0.886. The van der Waals surface area contributed by atoms with E-state index in [1.165, 1.54) is 13.2 Å². The zero-order valence-corrected chi connectivity index (χ0v) is 12.8. The van der Waals surface area contributed by atoms with E-state index in [1.54, 1.807) is 12.1 Å². The van der Waals surface area contributed by atoms with Crippen LogP contribution in [-0.4, -0.2) is 29.3 Å². The fourth-order valence-electron chi connectivity index (χ4n) is 2.18. The second-order valence-corrected chi connectivity index (χ2v) is 4.96. The molecular weight excluding hydrogens is 282 g/mol. The zero-order valence-electron chi connectivity index (χ0n) is 12.8. The standard InChI is InChI=1S/C16H19N3O3/c1-4-13(22-3)16(21)17-12-7-5-11(6-8-12)15-10(2)9-14(20)18-19-15/h5-9,13H,4H2,1-3H3,(H,17,21)(H,18,20). The average molecular weight is 301 g/mol. The third-order valence-electron chi connectivity index (χ3n) is 3.37. The summed E-state index contributed by atoms with van der Waals surface area (Å²) in [6, 6.07) is 8.78. The Balaban J connectivity index is 2.17. The van der Waals surface area contributed by atoms with Crippen LogP contribution in [0.15, 0.2) is 35.1 Å². The monoisotopic (exact) mass is 301 g/mol. The molecule has 1 aromatic heterocycles. The highest BCUT2D eigenvalue weighted by Gasteiger charge is 2.15. The molecule has 1 unspecified atom stereocenters. The first kappa shape index (κ1) is 15.9. The summed E-state index contributed by atoms with van der Waals surface area (Å²) < 4.78 is 5.10. The van der Waals surface area contributed by atoms with Crippen LogP contribution in [0.1, 0.15) is 18.9 Å². The van der Waals surface area contributed by atoms with Crippen molar-refractivity contribution in [3.05, 3.63) is 46.2 Å². The summed E-state index contributed by atoms with van der Waals surface area (Å²) in [6.45, 7) is 3.72. The largest absolute Gasteiger partial charge is 0.372 e. The molecule has 0 saturated heterocycles. The molecular formula is C16H19N3O3. The van der Waals surface area contributed by atoms with Crippen LogP contribution in [0.5, 0.6) is 0 Å². The van der Waals surface area contributed by atoms with E-state index in [0.29, 0.717) is 17.8 Å². The number of benzene rings is 1. The molecule has 2 N–H and O–H groups in total. The van der Waals surface area contributed by atoms with Gasteiger partial charge in [-0.25, -0.2) is 5.10 Å². The van der Waals surface area contributed by atoms with Crippen LogP contribution < -0.4 is 10.9 Å². The second kappa shape index (κ2) is 7.00. The number of anilines is 1. The van der Waals surface area contributed by atoms with E-state index in [-0.39, 0.29) is 11.5 Å². The van der Waals surface area contributed by atoms with Gasteiger partial charge in [-0.15, -0.1) is 0 Å². The first-order valence-corrected chi connectivity index (χ1v) is 7.05. The van der Waals surface area contributed by atoms with E-state index in [1.807, 2.05) is 26.0 Å². The first-order valence-electron chi connectivity index (χ1n) is 7.05. The Hall–Kier alpha value is -2.47. The second-order valence-electron chi connectivity index (χ2n) is 4.96. The molecule has 2 aromatic rings. The summed E-state index contributed by atoms with van der Waals surface area (Å²) in [4.78, 5) is 23.1. The maximum atomic E-state index is 11.9. The number of hydrogen-bond acceptors (Lipinski definition) is 4. The summed E-state index contributed by atoms with van der Waals surface area (Å²) >= 11 is 0. The summed E-state index contributed by atoms with van der Waals surface area (Å²) in [5.74, 6) is -0.170. The predicted octanol–water partition coefficient (Wildman–Crippen LogP) is 2.11. The molecule has 0 radical (unpaired) electrons. The molecule has 0 bridgehead atoms. The van der Waals surface area contributed by atoms with Crippen molar-refractivity contribution in [3.8, 4) is 11.3 Å². The number of ether oxygens (including phenoxy) is 1. The number of aromatic amines is 1. The molecule has 0 aliphatic rings. The minimum atomic E-state index is -0.456. The van der Waals surface area contributed by atoms with E-state index in [9.17, 15) is 9.59 Å². The van der Waals surface area contributed by atoms with Crippen molar-refractivity contribution in [2.24, 2.45) is 0 Å². The Morgan fingerprint density at radius 2 is 2.05 bits per heavy atom. The van der Waals surface area contributed by atoms with Crippen LogP contribution >= 0.6 is 0 Å². The number of carbonyl (C=O) groups excluding carboxylic acids is 1. The third-order valence-corrected chi connectivity index (χ3v) is 3.37. The molecule has 6 nitrogen and oxygen atoms in total. The third kappa shape index (κ3) is 3.59. The number of nitrogens with zero attached hydrogens (tertiary/aromatic N) is 1. The van der Waals surface area contributed by atoms with Crippen molar-refractivity contribution in [3.63, 3.8) is 0 Å². The SMILES string of the molecule is CCC(OC)C(=O)Nc1ccc(-c2n[nH]c(=O)cc2C)cc1. The minimum Gasteiger partial charge on any atom is -0.372 e. The van der Waals surface area contributed by atoms with Gasteiger partial charge in [0.15, 0.2) is 0 Å². The van der Waals surface area contributed by atoms with Gasteiger partial charge in [-0.05, 0) is 31.0 Å². The fraction of sp³-hybridized carbons (Fsp3) is 0.312. The number of H-pyrrole nitrogens is 1. The minimum absolute atomic E-state index is 0.170. The van der Waals surface area contributed by atoms with Gasteiger partial charge >= 0.3 is 0 Å². The van der Waals surface area contributed by atoms with Crippen LogP contribution in [0.4, 0.5) is 5.69 Å². The van der Waals surface area contributed by atoms with Crippen molar-refractivity contribution in [1.82, 2.24) is 10.2 Å². The van der Waals surface area contributed by atoms with E-state index in [0.717, 1.165) is 11.1 Å². The summed E-state index contributed by atoms with van der Waals surface area (Å²) in [6.07, 6.45) is 0.156. The molecule has 1 atom stereocenters. The van der Waals surface area contributed by atoms with Crippen LogP contribution in [0, 0.1) is 6.92 Å². The number of rotatable bonds is 5. The predicted molar refractivity (Wildman–Crippen MR) is 84.7 cm³/mol. The van der Waals surface area contributed by atoms with Crippen LogP contribution in [0.25, 0.3) is 11.3 Å². The maximum absolute atomic E-state index is 11.9. The molecule has 0 aliphatic carbocycles. The van der Waals surface area contributed by atoms with Gasteiger partial charge in [0.25, 0.3) is 11.5 Å². The van der Waals surface area contributed by atoms with Gasteiger partial charge in [-0.2, -0.15) is 5.10 Å². The number of nitrogens with one attached hydrogen (secondary N) is 2. The molecule has 0 spiro atoms. The summed E-state index contributed by atoms with van der Waals surface area (Å²) in [7, 11) is 1.52. The van der Waals surface area contributed by atoms with Gasteiger partial charge in [0.2, 0.25) is 0 Å². The highest BCUT2D eigenvalue weighted by molar-refractivity contribution is 5.94. The lowest BCUT2D eigenvalue weighted by molar-refractivity contribution is -0.125. The Morgan fingerprint density at radius 1 is 1.36 bits per heavy atom. The van der Waals surface area contributed by atoms with Crippen molar-refractivity contribution in [2.75, 3.05) is 12.4 Å². The first-order chi connectivity index (χ1) is 10.5. The summed E-state index contributed by atoms with van der Waals surface area (Å²) in [5, 5.41) is 9.28. The molecule has 0 aliphatic heterocycles. The van der Waals surface area contributed by atoms with Crippen molar-refractivity contribution < 1.29 is 9.53 Å². The van der Waals surface area contributed by atoms with Crippen LogP contribution in [0.3, 0.4) is 0 Å². The number of carbonyl (C=O) groups is 1. The van der Waals surface area contributed by atoms with Crippen molar-refractivity contribution in [1.29, 1.82) is 0 Å². The Labute approximate surface area is 128 Å². The molecule has 1 heterocycles. The van der Waals surface area contributed by atoms with Gasteiger partial charge in [0.05, 0.1) is 5.69 Å². The molecule has 0 saturated carbocycles. The Kier molecular flexibility index (Phi) is 5.06. The molecule has 116 valence electrons. The van der Waals surface area contributed by atoms with Gasteiger partial charge < -0.3 is 10.1 Å². The number of aryl methyl sites for hydroxylation is 1. The lowest BCUT2D eigenvalue weighted by Crippen LogP contribution is -2.28. The molecule has 1 amide bonds. The van der Waals surface area contributed by atoms with Crippen LogP contribution in [-0.2, 0) is 9.53 Å². The Bertz CT molecular complexity index is 703. The van der Waals surface area contributed by atoms with Gasteiger partial charge in [-0.3, -0.25) is 9.59 Å². The summed E-state index contributed by atoms with van der Waals surface area (Å²) in [5.41, 5.74) is 2.83. The van der Waals surface area contributed by atoms with E-state index in [4.69, 9.17) is 4.74 Å². The number of hydrogen-bond donors (Lipinski definition) is 2. The smallest absolute Gasteiger partial charge is 0.264 e. The van der Waals surface area contributed by atoms with Gasteiger partial charge in [0, 0.05) is 24.4 Å². The van der Waals surface area contributed by atoms with Crippen molar-refractivity contribution in [2.45, 2.75) is 26.4 Å². The van der Waals surface area contributed by atoms with E-state index < -0.39 is 6.10 Å². The molecule has 22 heavy (non-hydrogen) atoms. The van der Waals surface area contributed by atoms with Crippen LogP contribution in [0.2, 0.25) is 0 Å². The number of aromatic nitrogens is 2. The van der Waals surface area contributed by atoms with E-state index in [2.05, 4.69) is 15.5 Å². The highest BCUT2D eigenvalue weighted by atomic mass is 16.5. The number of amides is 1. The molecule has 1 aromatic carbocycles. The van der Waals surface area contributed by atoms with Gasteiger partial charge in [0.1, 0.15) is 6.10 Å². The normalized spacial score (nSPS) is 12.0. The average Bonchev–Trinajstić information content (AvgIpc) is 2.49. The maximum Gasteiger partial charge on any atom is 0.264 e. The van der Waals surface area contributed by atoms with E-state index >= 15 is 0 Å². The lowest BCUT2D eigenvalue weighted by Gasteiger charge is -2.13. The molecule has 6 heteroatoms. The highest BCUT2D eigenvalue weighted by Crippen LogP contribution is 2.21. The Morgan fingerprint density at radius 3 is 2.59 bits per heavy atom.